The third-order valence-electron chi connectivity index (χ3n) is 3.25. The number of fused-ring (bicyclic) bond motifs is 1. The van der Waals surface area contributed by atoms with E-state index in [2.05, 4.69) is 46.7 Å². The van der Waals surface area contributed by atoms with Gasteiger partial charge in [-0.1, -0.05) is 24.3 Å². The van der Waals surface area contributed by atoms with Gasteiger partial charge in [-0.15, -0.1) is 0 Å². The van der Waals surface area contributed by atoms with Gasteiger partial charge in [-0.2, -0.15) is 0 Å². The average molecular weight is 236 g/mol. The van der Waals surface area contributed by atoms with E-state index in [9.17, 15) is 0 Å². The van der Waals surface area contributed by atoms with Gasteiger partial charge in [0.05, 0.1) is 0 Å². The number of benzene rings is 1. The number of nitrogens with zero attached hydrogens (tertiary/aromatic N) is 1. The van der Waals surface area contributed by atoms with Gasteiger partial charge < -0.3 is 5.32 Å². The van der Waals surface area contributed by atoms with Gasteiger partial charge in [0, 0.05) is 23.3 Å². The van der Waals surface area contributed by atoms with Crippen LogP contribution in [0.1, 0.15) is 23.2 Å². The summed E-state index contributed by atoms with van der Waals surface area (Å²) in [4.78, 5) is 4.21. The van der Waals surface area contributed by atoms with Crippen LogP contribution in [0.25, 0.3) is 6.08 Å². The molecular weight excluding hydrogens is 220 g/mol. The standard InChI is InChI=1S/C16H16N2/c1-12-10-16(8-9-17-12)18-15-7-6-13-4-2-3-5-14(13)11-15/h2-5,8-11H,6-7H2,1H3,(H,17,18). The van der Waals surface area contributed by atoms with Crippen LogP contribution in [0.2, 0.25) is 0 Å². The van der Waals surface area contributed by atoms with Crippen LogP contribution in [0.3, 0.4) is 0 Å². The molecule has 2 nitrogen and oxygen atoms in total. The lowest BCUT2D eigenvalue weighted by Gasteiger charge is -2.18. The molecule has 0 amide bonds. The van der Waals surface area contributed by atoms with Gasteiger partial charge in [-0.25, -0.2) is 0 Å². The molecule has 0 saturated heterocycles. The highest BCUT2D eigenvalue weighted by Gasteiger charge is 2.09. The Morgan fingerprint density at radius 3 is 2.89 bits per heavy atom. The quantitative estimate of drug-likeness (QED) is 0.858. The lowest BCUT2D eigenvalue weighted by Crippen LogP contribution is -2.06. The largest absolute Gasteiger partial charge is 0.359 e. The molecule has 0 bridgehead atoms. The van der Waals surface area contributed by atoms with Gasteiger partial charge in [-0.3, -0.25) is 4.98 Å². The fourth-order valence-electron chi connectivity index (χ4n) is 2.34. The Morgan fingerprint density at radius 2 is 2.00 bits per heavy atom. The average Bonchev–Trinajstić information content (AvgIpc) is 2.39. The second-order valence-electron chi connectivity index (χ2n) is 4.68. The van der Waals surface area contributed by atoms with Gasteiger partial charge in [0.15, 0.2) is 0 Å². The zero-order valence-electron chi connectivity index (χ0n) is 10.5. The minimum Gasteiger partial charge on any atom is -0.359 e. The Labute approximate surface area is 107 Å². The SMILES string of the molecule is Cc1cc(NC2=Cc3ccccc3CC2)ccn1. The van der Waals surface area contributed by atoms with Gasteiger partial charge in [0.2, 0.25) is 0 Å². The van der Waals surface area contributed by atoms with E-state index in [0.29, 0.717) is 0 Å². The molecule has 0 saturated carbocycles. The van der Waals surface area contributed by atoms with Crippen LogP contribution in [-0.4, -0.2) is 4.98 Å². The molecule has 18 heavy (non-hydrogen) atoms. The maximum Gasteiger partial charge on any atom is 0.0415 e. The van der Waals surface area contributed by atoms with Crippen molar-refractivity contribution in [3.8, 4) is 0 Å². The summed E-state index contributed by atoms with van der Waals surface area (Å²) in [5.74, 6) is 0. The van der Waals surface area contributed by atoms with E-state index in [1.807, 2.05) is 19.2 Å². The van der Waals surface area contributed by atoms with Crippen molar-refractivity contribution in [2.75, 3.05) is 5.32 Å². The molecule has 1 heterocycles. The molecule has 0 radical (unpaired) electrons. The first-order valence-corrected chi connectivity index (χ1v) is 6.29. The normalized spacial score (nSPS) is 13.7. The molecule has 0 unspecified atom stereocenters. The Kier molecular flexibility index (Phi) is 2.85. The number of rotatable bonds is 2. The molecule has 3 rings (SSSR count). The van der Waals surface area contributed by atoms with Crippen molar-refractivity contribution in [2.45, 2.75) is 19.8 Å². The Bertz CT molecular complexity index is 600. The summed E-state index contributed by atoms with van der Waals surface area (Å²) in [6.07, 6.45) is 6.26. The number of aryl methyl sites for hydroxylation is 2. The van der Waals surface area contributed by atoms with Crippen molar-refractivity contribution in [1.29, 1.82) is 0 Å². The minimum atomic E-state index is 1.04. The van der Waals surface area contributed by atoms with Gasteiger partial charge >= 0.3 is 0 Å². The highest BCUT2D eigenvalue weighted by atomic mass is 14.9. The predicted molar refractivity (Wildman–Crippen MR) is 75.3 cm³/mol. The van der Waals surface area contributed by atoms with Crippen LogP contribution in [0.4, 0.5) is 5.69 Å². The Balaban J connectivity index is 1.85. The van der Waals surface area contributed by atoms with Crippen LogP contribution in [0.15, 0.2) is 48.3 Å². The molecule has 1 aromatic heterocycles. The summed E-state index contributed by atoms with van der Waals surface area (Å²) in [6.45, 7) is 2.01. The summed E-state index contributed by atoms with van der Waals surface area (Å²) in [6, 6.07) is 12.7. The molecule has 1 aliphatic rings. The zero-order chi connectivity index (χ0) is 12.4. The third kappa shape index (κ3) is 2.28. The van der Waals surface area contributed by atoms with Crippen molar-refractivity contribution in [3.05, 3.63) is 65.1 Å². The third-order valence-corrected chi connectivity index (χ3v) is 3.25. The molecule has 0 aliphatic heterocycles. The van der Waals surface area contributed by atoms with Gasteiger partial charge in [0.1, 0.15) is 0 Å². The summed E-state index contributed by atoms with van der Waals surface area (Å²) >= 11 is 0. The fraction of sp³-hybridized carbons (Fsp3) is 0.188. The number of anilines is 1. The first-order chi connectivity index (χ1) is 8.81. The molecule has 0 fully saturated rings. The molecular formula is C16H16N2. The number of hydrogen-bond donors (Lipinski definition) is 1. The lowest BCUT2D eigenvalue weighted by molar-refractivity contribution is 0.931. The highest BCUT2D eigenvalue weighted by Crippen LogP contribution is 2.24. The van der Waals surface area contributed by atoms with Gasteiger partial charge in [-0.05, 0) is 49.1 Å². The maximum absolute atomic E-state index is 4.21. The van der Waals surface area contributed by atoms with E-state index in [1.54, 1.807) is 0 Å². The second-order valence-corrected chi connectivity index (χ2v) is 4.68. The Hall–Kier alpha value is -2.09. The monoisotopic (exact) mass is 236 g/mol. The van der Waals surface area contributed by atoms with E-state index in [-0.39, 0.29) is 0 Å². The van der Waals surface area contributed by atoms with Crippen LogP contribution < -0.4 is 5.32 Å². The van der Waals surface area contributed by atoms with Crippen LogP contribution in [-0.2, 0) is 6.42 Å². The molecule has 2 heteroatoms. The number of aromatic nitrogens is 1. The van der Waals surface area contributed by atoms with Crippen LogP contribution in [0.5, 0.6) is 0 Å². The first-order valence-electron chi connectivity index (χ1n) is 6.29. The topological polar surface area (TPSA) is 24.9 Å². The zero-order valence-corrected chi connectivity index (χ0v) is 10.5. The van der Waals surface area contributed by atoms with Gasteiger partial charge in [0.25, 0.3) is 0 Å². The van der Waals surface area contributed by atoms with E-state index in [4.69, 9.17) is 0 Å². The van der Waals surface area contributed by atoms with Crippen molar-refractivity contribution < 1.29 is 0 Å². The molecule has 90 valence electrons. The number of allylic oxidation sites excluding steroid dienone is 1. The van der Waals surface area contributed by atoms with E-state index < -0.39 is 0 Å². The Morgan fingerprint density at radius 1 is 1.11 bits per heavy atom. The van der Waals surface area contributed by atoms with E-state index in [0.717, 1.165) is 24.2 Å². The fourth-order valence-corrected chi connectivity index (χ4v) is 2.34. The van der Waals surface area contributed by atoms with Crippen molar-refractivity contribution >= 4 is 11.8 Å². The smallest absolute Gasteiger partial charge is 0.0415 e. The van der Waals surface area contributed by atoms with Crippen LogP contribution in [0, 0.1) is 6.92 Å². The molecule has 0 spiro atoms. The molecule has 1 aliphatic carbocycles. The molecule has 1 N–H and O–H groups in total. The predicted octanol–water partition coefficient (Wildman–Crippen LogP) is 3.79. The van der Waals surface area contributed by atoms with E-state index >= 15 is 0 Å². The number of hydrogen-bond acceptors (Lipinski definition) is 2. The van der Waals surface area contributed by atoms with Crippen molar-refractivity contribution in [1.82, 2.24) is 4.98 Å². The van der Waals surface area contributed by atoms with E-state index in [1.165, 1.54) is 16.8 Å². The summed E-state index contributed by atoms with van der Waals surface area (Å²) in [7, 11) is 0. The maximum atomic E-state index is 4.21. The first kappa shape index (κ1) is 11.0. The molecule has 2 aromatic rings. The second kappa shape index (κ2) is 4.65. The van der Waals surface area contributed by atoms with Crippen molar-refractivity contribution in [2.24, 2.45) is 0 Å². The molecule has 0 atom stereocenters. The van der Waals surface area contributed by atoms with Crippen molar-refractivity contribution in [3.63, 3.8) is 0 Å². The minimum absolute atomic E-state index is 1.04. The van der Waals surface area contributed by atoms with Crippen LogP contribution >= 0.6 is 0 Å². The lowest BCUT2D eigenvalue weighted by atomic mass is 9.95. The molecule has 1 aromatic carbocycles. The summed E-state index contributed by atoms with van der Waals surface area (Å²) < 4.78 is 0. The number of pyridine rings is 1. The number of nitrogens with one attached hydrogen (secondary N) is 1. The summed E-state index contributed by atoms with van der Waals surface area (Å²) in [5.41, 5.74) is 6.20. The summed E-state index contributed by atoms with van der Waals surface area (Å²) in [5, 5.41) is 3.48. The highest BCUT2D eigenvalue weighted by molar-refractivity contribution is 5.64.